The fourth-order valence-electron chi connectivity index (χ4n) is 1.77. The highest BCUT2D eigenvalue weighted by Gasteiger charge is 2.21. The van der Waals surface area contributed by atoms with Crippen molar-refractivity contribution in [1.29, 1.82) is 0 Å². The number of halogens is 1. The van der Waals surface area contributed by atoms with Gasteiger partial charge in [0.15, 0.2) is 0 Å². The van der Waals surface area contributed by atoms with Crippen LogP contribution in [0.4, 0.5) is 10.5 Å². The second-order valence-electron chi connectivity index (χ2n) is 5.14. The molecule has 0 aromatic heterocycles. The third-order valence-corrected chi connectivity index (χ3v) is 3.19. The summed E-state index contributed by atoms with van der Waals surface area (Å²) in [5.41, 5.74) is 6.61. The van der Waals surface area contributed by atoms with Gasteiger partial charge in [0.1, 0.15) is 6.04 Å². The SMILES string of the molecule is Cc1ccc(NC(=O)[C@H](CC(C)C)NC(N)=O)cc1Cl. The van der Waals surface area contributed by atoms with E-state index in [-0.39, 0.29) is 11.8 Å². The van der Waals surface area contributed by atoms with E-state index in [1.54, 1.807) is 12.1 Å². The Balaban J connectivity index is 2.78. The second-order valence-corrected chi connectivity index (χ2v) is 5.55. The highest BCUT2D eigenvalue weighted by Crippen LogP contribution is 2.20. The van der Waals surface area contributed by atoms with Gasteiger partial charge in [-0.25, -0.2) is 4.79 Å². The Bertz CT molecular complexity index is 503. The van der Waals surface area contributed by atoms with Gasteiger partial charge >= 0.3 is 6.03 Å². The van der Waals surface area contributed by atoms with Crippen molar-refractivity contribution in [1.82, 2.24) is 5.32 Å². The molecule has 0 bridgehead atoms. The normalized spacial score (nSPS) is 12.1. The molecular weight excluding hydrogens is 278 g/mol. The highest BCUT2D eigenvalue weighted by molar-refractivity contribution is 6.31. The second kappa shape index (κ2) is 7.14. The minimum Gasteiger partial charge on any atom is -0.352 e. The molecule has 0 radical (unpaired) electrons. The average Bonchev–Trinajstić information content (AvgIpc) is 2.32. The molecule has 5 nitrogen and oxygen atoms in total. The van der Waals surface area contributed by atoms with Crippen molar-refractivity contribution in [2.75, 3.05) is 5.32 Å². The Kier molecular flexibility index (Phi) is 5.82. The van der Waals surface area contributed by atoms with Gasteiger partial charge in [0.2, 0.25) is 5.91 Å². The first-order valence-electron chi connectivity index (χ1n) is 6.42. The van der Waals surface area contributed by atoms with Crippen molar-refractivity contribution in [2.45, 2.75) is 33.2 Å². The standard InChI is InChI=1S/C14H20ClN3O2/c1-8(2)6-12(18-14(16)20)13(19)17-10-5-4-9(3)11(15)7-10/h4-5,7-8,12H,6H2,1-3H3,(H,17,19)(H3,16,18,20)/t12-/m0/s1. The summed E-state index contributed by atoms with van der Waals surface area (Å²) < 4.78 is 0. The molecule has 3 amide bonds. The molecule has 0 saturated heterocycles. The number of carbonyl (C=O) groups is 2. The minimum atomic E-state index is -0.715. The van der Waals surface area contributed by atoms with Crippen molar-refractivity contribution in [3.8, 4) is 0 Å². The van der Waals surface area contributed by atoms with Crippen LogP contribution < -0.4 is 16.4 Å². The lowest BCUT2D eigenvalue weighted by atomic mass is 10.0. The first-order chi connectivity index (χ1) is 9.29. The Hall–Kier alpha value is -1.75. The van der Waals surface area contributed by atoms with E-state index in [0.717, 1.165) is 5.56 Å². The predicted molar refractivity (Wildman–Crippen MR) is 80.8 cm³/mol. The molecule has 20 heavy (non-hydrogen) atoms. The van der Waals surface area contributed by atoms with Crippen LogP contribution >= 0.6 is 11.6 Å². The Morgan fingerprint density at radius 1 is 1.35 bits per heavy atom. The fourth-order valence-corrected chi connectivity index (χ4v) is 1.96. The van der Waals surface area contributed by atoms with Crippen LogP contribution in [0, 0.1) is 12.8 Å². The summed E-state index contributed by atoms with van der Waals surface area (Å²) in [7, 11) is 0. The molecule has 0 heterocycles. The summed E-state index contributed by atoms with van der Waals surface area (Å²) in [6, 6.07) is 3.87. The van der Waals surface area contributed by atoms with Gasteiger partial charge in [-0.15, -0.1) is 0 Å². The van der Waals surface area contributed by atoms with Gasteiger partial charge in [-0.2, -0.15) is 0 Å². The molecule has 0 aliphatic heterocycles. The number of aryl methyl sites for hydroxylation is 1. The number of carbonyl (C=O) groups excluding carboxylic acids is 2. The average molecular weight is 298 g/mol. The molecule has 0 aliphatic rings. The van der Waals surface area contributed by atoms with Crippen molar-refractivity contribution in [3.05, 3.63) is 28.8 Å². The summed E-state index contributed by atoms with van der Waals surface area (Å²) in [6.45, 7) is 5.81. The van der Waals surface area contributed by atoms with Crippen molar-refractivity contribution < 1.29 is 9.59 Å². The molecule has 1 aromatic carbocycles. The fraction of sp³-hybridized carbons (Fsp3) is 0.429. The number of benzene rings is 1. The summed E-state index contributed by atoms with van der Waals surface area (Å²) in [4.78, 5) is 23.1. The largest absolute Gasteiger partial charge is 0.352 e. The molecule has 6 heteroatoms. The number of urea groups is 1. The molecule has 4 N–H and O–H groups in total. The van der Waals surface area contributed by atoms with E-state index < -0.39 is 12.1 Å². The predicted octanol–water partition coefficient (Wildman–Crippen LogP) is 2.67. The number of hydrogen-bond acceptors (Lipinski definition) is 2. The van der Waals surface area contributed by atoms with Crippen LogP contribution in [0.15, 0.2) is 18.2 Å². The summed E-state index contributed by atoms with van der Waals surface area (Å²) >= 11 is 6.00. The van der Waals surface area contributed by atoms with E-state index in [9.17, 15) is 9.59 Å². The van der Waals surface area contributed by atoms with Crippen LogP contribution in [0.1, 0.15) is 25.8 Å². The zero-order valence-electron chi connectivity index (χ0n) is 11.9. The van der Waals surface area contributed by atoms with Gasteiger partial charge in [-0.1, -0.05) is 31.5 Å². The van der Waals surface area contributed by atoms with Gasteiger partial charge in [-0.05, 0) is 37.0 Å². The third-order valence-electron chi connectivity index (χ3n) is 2.78. The van der Waals surface area contributed by atoms with E-state index in [4.69, 9.17) is 17.3 Å². The zero-order chi connectivity index (χ0) is 15.3. The maximum atomic E-state index is 12.2. The number of amides is 3. The van der Waals surface area contributed by atoms with Crippen molar-refractivity contribution in [3.63, 3.8) is 0 Å². The van der Waals surface area contributed by atoms with E-state index in [2.05, 4.69) is 10.6 Å². The Labute approximate surface area is 123 Å². The lowest BCUT2D eigenvalue weighted by Crippen LogP contribution is -2.46. The Morgan fingerprint density at radius 3 is 2.50 bits per heavy atom. The monoisotopic (exact) mass is 297 g/mol. The summed E-state index contributed by atoms with van der Waals surface area (Å²) in [5, 5.41) is 5.75. The number of nitrogens with one attached hydrogen (secondary N) is 2. The summed E-state index contributed by atoms with van der Waals surface area (Å²) in [5.74, 6) is -0.0587. The molecule has 0 saturated carbocycles. The molecule has 1 atom stereocenters. The molecular formula is C14H20ClN3O2. The zero-order valence-corrected chi connectivity index (χ0v) is 12.6. The highest BCUT2D eigenvalue weighted by atomic mass is 35.5. The number of nitrogens with two attached hydrogens (primary N) is 1. The van der Waals surface area contributed by atoms with Crippen molar-refractivity contribution >= 4 is 29.2 Å². The van der Waals surface area contributed by atoms with Crippen LogP contribution in [0.25, 0.3) is 0 Å². The minimum absolute atomic E-state index is 0.249. The number of rotatable bonds is 5. The molecule has 1 aromatic rings. The molecule has 110 valence electrons. The molecule has 1 rings (SSSR count). The lowest BCUT2D eigenvalue weighted by Gasteiger charge is -2.19. The maximum Gasteiger partial charge on any atom is 0.312 e. The number of hydrogen-bond donors (Lipinski definition) is 3. The van der Waals surface area contributed by atoms with Gasteiger partial charge < -0.3 is 16.4 Å². The van der Waals surface area contributed by atoms with E-state index in [1.807, 2.05) is 26.8 Å². The number of primary amides is 1. The maximum absolute atomic E-state index is 12.2. The number of anilines is 1. The van der Waals surface area contributed by atoms with Crippen LogP contribution in [0.2, 0.25) is 5.02 Å². The third kappa shape index (κ3) is 5.09. The van der Waals surface area contributed by atoms with E-state index in [1.165, 1.54) is 0 Å². The van der Waals surface area contributed by atoms with Gasteiger partial charge in [0.25, 0.3) is 0 Å². The Morgan fingerprint density at radius 2 is 2.00 bits per heavy atom. The van der Waals surface area contributed by atoms with Gasteiger partial charge in [0.05, 0.1) is 0 Å². The quantitative estimate of drug-likeness (QED) is 0.780. The molecule has 0 spiro atoms. The lowest BCUT2D eigenvalue weighted by molar-refractivity contribution is -0.118. The van der Waals surface area contributed by atoms with Gasteiger partial charge in [0, 0.05) is 10.7 Å². The molecule has 0 aliphatic carbocycles. The van der Waals surface area contributed by atoms with Crippen LogP contribution in [0.5, 0.6) is 0 Å². The van der Waals surface area contributed by atoms with Gasteiger partial charge in [-0.3, -0.25) is 4.79 Å². The topological polar surface area (TPSA) is 84.2 Å². The first-order valence-corrected chi connectivity index (χ1v) is 6.80. The van der Waals surface area contributed by atoms with E-state index >= 15 is 0 Å². The summed E-state index contributed by atoms with van der Waals surface area (Å²) in [6.07, 6.45) is 0.508. The smallest absolute Gasteiger partial charge is 0.312 e. The molecule has 0 unspecified atom stereocenters. The van der Waals surface area contributed by atoms with Crippen molar-refractivity contribution in [2.24, 2.45) is 11.7 Å². The van der Waals surface area contributed by atoms with Crippen LogP contribution in [-0.4, -0.2) is 18.0 Å². The van der Waals surface area contributed by atoms with E-state index in [0.29, 0.717) is 17.1 Å². The van der Waals surface area contributed by atoms with Crippen LogP contribution in [0.3, 0.4) is 0 Å². The van der Waals surface area contributed by atoms with Crippen LogP contribution in [-0.2, 0) is 4.79 Å². The first kappa shape index (κ1) is 16.3. The molecule has 0 fully saturated rings.